The van der Waals surface area contributed by atoms with E-state index in [1.807, 2.05) is 0 Å². The van der Waals surface area contributed by atoms with Gasteiger partial charge in [-0.05, 0) is 18.9 Å². The highest BCUT2D eigenvalue weighted by molar-refractivity contribution is 7.20. The topological polar surface area (TPSA) is 81.6 Å². The summed E-state index contributed by atoms with van der Waals surface area (Å²) >= 11 is 1.40. The summed E-state index contributed by atoms with van der Waals surface area (Å²) in [5.41, 5.74) is 5.12. The second kappa shape index (κ2) is 6.64. The highest BCUT2D eigenvalue weighted by atomic mass is 32.1. The van der Waals surface area contributed by atoms with Crippen molar-refractivity contribution in [1.29, 1.82) is 0 Å². The largest absolute Gasteiger partial charge is 0.419 e. The van der Waals surface area contributed by atoms with E-state index in [4.69, 9.17) is 10.5 Å². The molecule has 0 bridgehead atoms. The van der Waals surface area contributed by atoms with Gasteiger partial charge < -0.3 is 15.4 Å². The standard InChI is InChI=1S/C16H17F3N6OS/c1-26-10-2-4-24(5-3-10)15-23-25-12(8-22-14(25)27-15)9-6-11(16(17,18)19)13(20)21-7-9/h6-8,10H,2-5H2,1H3,(H2,20,21). The van der Waals surface area contributed by atoms with Crippen LogP contribution in [0.15, 0.2) is 18.5 Å². The number of pyridine rings is 1. The summed E-state index contributed by atoms with van der Waals surface area (Å²) in [7, 11) is 1.71. The summed E-state index contributed by atoms with van der Waals surface area (Å²) in [5.74, 6) is -0.549. The minimum Gasteiger partial charge on any atom is -0.383 e. The lowest BCUT2D eigenvalue weighted by atomic mass is 10.1. The third-order valence-electron chi connectivity index (χ3n) is 4.64. The number of nitrogen functional groups attached to an aromatic ring is 1. The Morgan fingerprint density at radius 1 is 1.22 bits per heavy atom. The molecule has 0 saturated carbocycles. The predicted molar refractivity (Wildman–Crippen MR) is 95.8 cm³/mol. The van der Waals surface area contributed by atoms with Gasteiger partial charge in [-0.3, -0.25) is 0 Å². The number of nitrogens with zero attached hydrogens (tertiary/aromatic N) is 5. The number of methoxy groups -OCH3 is 1. The van der Waals surface area contributed by atoms with Gasteiger partial charge in [-0.2, -0.15) is 13.2 Å². The molecule has 1 saturated heterocycles. The van der Waals surface area contributed by atoms with Crippen molar-refractivity contribution in [1.82, 2.24) is 19.6 Å². The van der Waals surface area contributed by atoms with Crippen LogP contribution >= 0.6 is 11.3 Å². The zero-order valence-electron chi connectivity index (χ0n) is 14.4. The minimum absolute atomic E-state index is 0.252. The summed E-state index contributed by atoms with van der Waals surface area (Å²) in [4.78, 5) is 10.7. The zero-order valence-corrected chi connectivity index (χ0v) is 15.2. The Morgan fingerprint density at radius 2 is 1.96 bits per heavy atom. The second-order valence-electron chi connectivity index (χ2n) is 6.30. The number of hydrogen-bond acceptors (Lipinski definition) is 7. The van der Waals surface area contributed by atoms with E-state index in [1.54, 1.807) is 11.6 Å². The van der Waals surface area contributed by atoms with Gasteiger partial charge in [0, 0.05) is 32.0 Å². The van der Waals surface area contributed by atoms with Crippen LogP contribution in [0.2, 0.25) is 0 Å². The average molecular weight is 398 g/mol. The van der Waals surface area contributed by atoms with E-state index in [1.165, 1.54) is 23.7 Å². The van der Waals surface area contributed by atoms with Crippen molar-refractivity contribution < 1.29 is 17.9 Å². The molecule has 11 heteroatoms. The Bertz CT molecular complexity index is 961. The maximum absolute atomic E-state index is 13.1. The van der Waals surface area contributed by atoms with Gasteiger partial charge in [-0.15, -0.1) is 5.10 Å². The molecule has 4 rings (SSSR count). The Balaban J connectivity index is 1.67. The van der Waals surface area contributed by atoms with Crippen LogP contribution < -0.4 is 10.6 Å². The number of anilines is 2. The normalized spacial score (nSPS) is 16.4. The van der Waals surface area contributed by atoms with Gasteiger partial charge >= 0.3 is 6.18 Å². The first-order valence-electron chi connectivity index (χ1n) is 8.32. The lowest BCUT2D eigenvalue weighted by Crippen LogP contribution is -2.36. The molecule has 0 aromatic carbocycles. The number of hydrogen-bond donors (Lipinski definition) is 1. The molecule has 1 aliphatic rings. The number of alkyl halides is 3. The number of rotatable bonds is 3. The van der Waals surface area contributed by atoms with Crippen LogP contribution in [0, 0.1) is 0 Å². The third kappa shape index (κ3) is 3.32. The second-order valence-corrected chi connectivity index (χ2v) is 7.23. The number of fused-ring (bicyclic) bond motifs is 1. The highest BCUT2D eigenvalue weighted by Gasteiger charge is 2.34. The fourth-order valence-corrected chi connectivity index (χ4v) is 4.06. The summed E-state index contributed by atoms with van der Waals surface area (Å²) in [6, 6.07) is 0.981. The van der Waals surface area contributed by atoms with Gasteiger partial charge in [0.2, 0.25) is 10.1 Å². The van der Waals surface area contributed by atoms with E-state index >= 15 is 0 Å². The summed E-state index contributed by atoms with van der Waals surface area (Å²) in [5, 5.41) is 5.34. The Hall–Kier alpha value is -2.40. The van der Waals surface area contributed by atoms with Crippen molar-refractivity contribution in [3.63, 3.8) is 0 Å². The molecule has 0 amide bonds. The maximum Gasteiger partial charge on any atom is 0.419 e. The van der Waals surface area contributed by atoms with E-state index in [2.05, 4.69) is 20.0 Å². The SMILES string of the molecule is COC1CCN(c2nn3c(-c4cnc(N)c(C(F)(F)F)c4)cnc3s2)CC1. The molecule has 1 fully saturated rings. The molecule has 27 heavy (non-hydrogen) atoms. The summed E-state index contributed by atoms with van der Waals surface area (Å²) < 4.78 is 46.3. The van der Waals surface area contributed by atoms with E-state index in [0.29, 0.717) is 10.7 Å². The van der Waals surface area contributed by atoms with Gasteiger partial charge in [0.25, 0.3) is 0 Å². The molecule has 3 aromatic rings. The number of nitrogens with two attached hydrogens (primary N) is 1. The molecule has 2 N–H and O–H groups in total. The van der Waals surface area contributed by atoms with Crippen molar-refractivity contribution in [3.8, 4) is 11.3 Å². The first kappa shape index (κ1) is 18.0. The average Bonchev–Trinajstić information content (AvgIpc) is 3.22. The lowest BCUT2D eigenvalue weighted by Gasteiger charge is -2.30. The Labute approximate surface area is 156 Å². The van der Waals surface area contributed by atoms with Crippen molar-refractivity contribution >= 4 is 27.2 Å². The Morgan fingerprint density at radius 3 is 2.63 bits per heavy atom. The fraction of sp³-hybridized carbons (Fsp3) is 0.438. The first-order chi connectivity index (χ1) is 12.9. The monoisotopic (exact) mass is 398 g/mol. The molecule has 3 aromatic heterocycles. The first-order valence-corrected chi connectivity index (χ1v) is 9.14. The lowest BCUT2D eigenvalue weighted by molar-refractivity contribution is -0.137. The van der Waals surface area contributed by atoms with Gasteiger partial charge in [0.15, 0.2) is 0 Å². The van der Waals surface area contributed by atoms with Crippen LogP contribution in [0.4, 0.5) is 24.1 Å². The molecule has 0 unspecified atom stereocenters. The quantitative estimate of drug-likeness (QED) is 0.730. The molecule has 0 spiro atoms. The van der Waals surface area contributed by atoms with Gasteiger partial charge in [0.1, 0.15) is 5.82 Å². The number of ether oxygens (including phenoxy) is 1. The molecule has 0 aliphatic carbocycles. The van der Waals surface area contributed by atoms with Crippen molar-refractivity contribution in [2.75, 3.05) is 30.8 Å². The van der Waals surface area contributed by atoms with E-state index in [0.717, 1.165) is 37.1 Å². The number of imidazole rings is 1. The molecule has 144 valence electrons. The van der Waals surface area contributed by atoms with E-state index in [9.17, 15) is 13.2 Å². The van der Waals surface area contributed by atoms with Crippen molar-refractivity contribution in [3.05, 3.63) is 24.0 Å². The predicted octanol–water partition coefficient (Wildman–Crippen LogP) is 3.07. The highest BCUT2D eigenvalue weighted by Crippen LogP contribution is 2.36. The molecule has 1 aliphatic heterocycles. The molecule has 0 atom stereocenters. The summed E-state index contributed by atoms with van der Waals surface area (Å²) in [6.07, 6.45) is 0.284. The van der Waals surface area contributed by atoms with Crippen LogP contribution in [0.1, 0.15) is 18.4 Å². The smallest absolute Gasteiger partial charge is 0.383 e. The van der Waals surface area contributed by atoms with Crippen LogP contribution in [0.25, 0.3) is 16.2 Å². The van der Waals surface area contributed by atoms with E-state index < -0.39 is 17.6 Å². The molecule has 7 nitrogen and oxygen atoms in total. The molecular formula is C16H17F3N6OS. The Kier molecular flexibility index (Phi) is 4.42. The van der Waals surface area contributed by atoms with E-state index in [-0.39, 0.29) is 11.7 Å². The third-order valence-corrected chi connectivity index (χ3v) is 5.62. The number of aromatic nitrogens is 4. The zero-order chi connectivity index (χ0) is 19.2. The molecule has 4 heterocycles. The van der Waals surface area contributed by atoms with Gasteiger partial charge in [-0.25, -0.2) is 14.5 Å². The van der Waals surface area contributed by atoms with Crippen LogP contribution in [-0.2, 0) is 10.9 Å². The molecule has 0 radical (unpaired) electrons. The van der Waals surface area contributed by atoms with Crippen molar-refractivity contribution in [2.24, 2.45) is 0 Å². The molecular weight excluding hydrogens is 381 g/mol. The summed E-state index contributed by atoms with van der Waals surface area (Å²) in [6.45, 7) is 1.62. The van der Waals surface area contributed by atoms with Gasteiger partial charge in [0.05, 0.1) is 23.6 Å². The van der Waals surface area contributed by atoms with Gasteiger partial charge in [-0.1, -0.05) is 11.3 Å². The maximum atomic E-state index is 13.1. The van der Waals surface area contributed by atoms with Crippen molar-refractivity contribution in [2.45, 2.75) is 25.1 Å². The fourth-order valence-electron chi connectivity index (χ4n) is 3.13. The minimum atomic E-state index is -4.57. The van der Waals surface area contributed by atoms with Crippen LogP contribution in [-0.4, -0.2) is 45.9 Å². The van der Waals surface area contributed by atoms with Crippen LogP contribution in [0.5, 0.6) is 0 Å². The van der Waals surface area contributed by atoms with Crippen LogP contribution in [0.3, 0.4) is 0 Å². The number of piperidine rings is 1. The number of halogens is 3.